The molecule has 1 unspecified atom stereocenters. The average Bonchev–Trinajstić information content (AvgIpc) is 3.21. The molecule has 0 fully saturated rings. The van der Waals surface area contributed by atoms with Gasteiger partial charge in [-0.15, -0.1) is 0 Å². The molecular formula is C22H24FNO4. The quantitative estimate of drug-likeness (QED) is 0.574. The van der Waals surface area contributed by atoms with Gasteiger partial charge in [-0.1, -0.05) is 24.3 Å². The fraction of sp³-hybridized carbons (Fsp3) is 0.273. The molecule has 5 nitrogen and oxygen atoms in total. The standard InChI is InChI=1S/C22H24FNO4/c1-26-19-10-8-17(9-11-19)13-24(15-20-5-4-12-27-20)14-18(25)16-28-22-7-3-2-6-21(22)23/h2-12,18,25H,13-16H2,1H3. The summed E-state index contributed by atoms with van der Waals surface area (Å²) in [5, 5.41) is 10.4. The molecule has 3 aromatic rings. The third kappa shape index (κ3) is 5.84. The van der Waals surface area contributed by atoms with Crippen LogP contribution >= 0.6 is 0 Å². The van der Waals surface area contributed by atoms with E-state index in [0.29, 0.717) is 19.6 Å². The zero-order chi connectivity index (χ0) is 19.8. The fourth-order valence-electron chi connectivity index (χ4n) is 2.90. The number of para-hydroxylation sites is 1. The second kappa shape index (κ2) is 9.92. The predicted molar refractivity (Wildman–Crippen MR) is 104 cm³/mol. The van der Waals surface area contributed by atoms with Crippen LogP contribution in [0, 0.1) is 5.82 Å². The van der Waals surface area contributed by atoms with E-state index in [1.54, 1.807) is 31.6 Å². The van der Waals surface area contributed by atoms with Gasteiger partial charge in [-0.2, -0.15) is 0 Å². The van der Waals surface area contributed by atoms with Gasteiger partial charge in [-0.3, -0.25) is 4.90 Å². The molecule has 1 atom stereocenters. The number of aliphatic hydroxyl groups is 1. The van der Waals surface area contributed by atoms with Crippen LogP contribution in [0.2, 0.25) is 0 Å². The van der Waals surface area contributed by atoms with E-state index >= 15 is 0 Å². The first kappa shape index (κ1) is 19.9. The first-order valence-corrected chi connectivity index (χ1v) is 9.07. The molecule has 148 valence electrons. The van der Waals surface area contributed by atoms with Gasteiger partial charge in [-0.05, 0) is 42.0 Å². The summed E-state index contributed by atoms with van der Waals surface area (Å²) in [6.07, 6.45) is 0.839. The molecule has 0 spiro atoms. The van der Waals surface area contributed by atoms with Crippen molar-refractivity contribution in [1.29, 1.82) is 0 Å². The van der Waals surface area contributed by atoms with Crippen LogP contribution in [0.5, 0.6) is 11.5 Å². The van der Waals surface area contributed by atoms with Crippen LogP contribution in [0.25, 0.3) is 0 Å². The van der Waals surface area contributed by atoms with Gasteiger partial charge in [0.2, 0.25) is 0 Å². The fourth-order valence-corrected chi connectivity index (χ4v) is 2.90. The van der Waals surface area contributed by atoms with Gasteiger partial charge in [-0.25, -0.2) is 4.39 Å². The molecule has 1 N–H and O–H groups in total. The van der Waals surface area contributed by atoms with Crippen molar-refractivity contribution in [1.82, 2.24) is 4.90 Å². The lowest BCUT2D eigenvalue weighted by Crippen LogP contribution is -2.35. The Morgan fingerprint density at radius 1 is 1.04 bits per heavy atom. The van der Waals surface area contributed by atoms with Crippen molar-refractivity contribution in [3.05, 3.63) is 84.1 Å². The van der Waals surface area contributed by atoms with Crippen molar-refractivity contribution < 1.29 is 23.4 Å². The Morgan fingerprint density at radius 3 is 2.50 bits per heavy atom. The number of hydrogen-bond acceptors (Lipinski definition) is 5. The Morgan fingerprint density at radius 2 is 1.82 bits per heavy atom. The van der Waals surface area contributed by atoms with Crippen molar-refractivity contribution in [2.75, 3.05) is 20.3 Å². The number of aliphatic hydroxyl groups excluding tert-OH is 1. The predicted octanol–water partition coefficient (Wildman–Crippen LogP) is 3.87. The third-order valence-electron chi connectivity index (χ3n) is 4.26. The lowest BCUT2D eigenvalue weighted by Gasteiger charge is -2.24. The molecular weight excluding hydrogens is 361 g/mol. The van der Waals surface area contributed by atoms with E-state index < -0.39 is 11.9 Å². The van der Waals surface area contributed by atoms with Crippen LogP contribution in [0.3, 0.4) is 0 Å². The largest absolute Gasteiger partial charge is 0.497 e. The van der Waals surface area contributed by atoms with Gasteiger partial charge >= 0.3 is 0 Å². The summed E-state index contributed by atoms with van der Waals surface area (Å²) in [4.78, 5) is 2.05. The summed E-state index contributed by atoms with van der Waals surface area (Å²) in [6, 6.07) is 17.6. The van der Waals surface area contributed by atoms with Crippen molar-refractivity contribution in [3.63, 3.8) is 0 Å². The summed E-state index contributed by atoms with van der Waals surface area (Å²) in [5.74, 6) is 1.28. The van der Waals surface area contributed by atoms with Gasteiger partial charge < -0.3 is 19.0 Å². The molecule has 0 amide bonds. The molecule has 0 bridgehead atoms. The summed E-state index contributed by atoms with van der Waals surface area (Å²) in [5.41, 5.74) is 1.08. The molecule has 28 heavy (non-hydrogen) atoms. The monoisotopic (exact) mass is 385 g/mol. The molecule has 0 aliphatic carbocycles. The maximum atomic E-state index is 13.7. The summed E-state index contributed by atoms with van der Waals surface area (Å²) in [7, 11) is 1.63. The molecule has 2 aromatic carbocycles. The van der Waals surface area contributed by atoms with E-state index in [4.69, 9.17) is 13.9 Å². The van der Waals surface area contributed by atoms with E-state index in [-0.39, 0.29) is 12.4 Å². The first-order valence-electron chi connectivity index (χ1n) is 9.07. The Bertz CT molecular complexity index is 836. The number of benzene rings is 2. The molecule has 1 heterocycles. The van der Waals surface area contributed by atoms with Gasteiger partial charge in [0.05, 0.1) is 19.9 Å². The van der Waals surface area contributed by atoms with E-state index in [1.165, 1.54) is 6.07 Å². The van der Waals surface area contributed by atoms with Gasteiger partial charge in [0, 0.05) is 13.1 Å². The summed E-state index contributed by atoms with van der Waals surface area (Å²) >= 11 is 0. The Kier molecular flexibility index (Phi) is 7.06. The topological polar surface area (TPSA) is 55.1 Å². The SMILES string of the molecule is COc1ccc(CN(Cc2ccco2)CC(O)COc2ccccc2F)cc1. The average molecular weight is 385 g/mol. The minimum atomic E-state index is -0.784. The minimum absolute atomic E-state index is 0.00179. The van der Waals surface area contributed by atoms with Crippen LogP contribution in [0.15, 0.2) is 71.3 Å². The normalized spacial score (nSPS) is 12.1. The molecule has 1 aromatic heterocycles. The molecule has 0 aliphatic heterocycles. The number of rotatable bonds is 10. The highest BCUT2D eigenvalue weighted by Crippen LogP contribution is 2.17. The van der Waals surface area contributed by atoms with E-state index in [9.17, 15) is 9.50 Å². The number of ether oxygens (including phenoxy) is 2. The number of nitrogens with zero attached hydrogens (tertiary/aromatic N) is 1. The van der Waals surface area contributed by atoms with E-state index in [0.717, 1.165) is 17.1 Å². The van der Waals surface area contributed by atoms with Gasteiger partial charge in [0.25, 0.3) is 0 Å². The Balaban J connectivity index is 1.61. The zero-order valence-electron chi connectivity index (χ0n) is 15.8. The highest BCUT2D eigenvalue weighted by molar-refractivity contribution is 5.27. The van der Waals surface area contributed by atoms with E-state index in [2.05, 4.69) is 4.90 Å². The van der Waals surface area contributed by atoms with Crippen molar-refractivity contribution in [3.8, 4) is 11.5 Å². The second-order valence-corrected chi connectivity index (χ2v) is 6.49. The number of halogens is 1. The zero-order valence-corrected chi connectivity index (χ0v) is 15.8. The van der Waals surface area contributed by atoms with Crippen LogP contribution in [0.1, 0.15) is 11.3 Å². The van der Waals surface area contributed by atoms with Crippen LogP contribution in [0.4, 0.5) is 4.39 Å². The van der Waals surface area contributed by atoms with Crippen molar-refractivity contribution in [2.45, 2.75) is 19.2 Å². The van der Waals surface area contributed by atoms with Crippen molar-refractivity contribution >= 4 is 0 Å². The third-order valence-corrected chi connectivity index (χ3v) is 4.26. The molecule has 0 radical (unpaired) electrons. The number of hydrogen-bond donors (Lipinski definition) is 1. The second-order valence-electron chi connectivity index (χ2n) is 6.49. The highest BCUT2D eigenvalue weighted by Gasteiger charge is 2.16. The summed E-state index contributed by atoms with van der Waals surface area (Å²) < 4.78 is 29.7. The smallest absolute Gasteiger partial charge is 0.165 e. The molecule has 3 rings (SSSR count). The molecule has 0 aliphatic rings. The summed E-state index contributed by atoms with van der Waals surface area (Å²) in [6.45, 7) is 1.50. The first-order chi connectivity index (χ1) is 13.6. The minimum Gasteiger partial charge on any atom is -0.497 e. The van der Waals surface area contributed by atoms with E-state index in [1.807, 2.05) is 36.4 Å². The lowest BCUT2D eigenvalue weighted by molar-refractivity contribution is 0.0592. The van der Waals surface area contributed by atoms with Crippen LogP contribution in [-0.2, 0) is 13.1 Å². The van der Waals surface area contributed by atoms with Gasteiger partial charge in [0.15, 0.2) is 11.6 Å². The van der Waals surface area contributed by atoms with Crippen LogP contribution < -0.4 is 9.47 Å². The number of furan rings is 1. The maximum Gasteiger partial charge on any atom is 0.165 e. The van der Waals surface area contributed by atoms with Crippen molar-refractivity contribution in [2.24, 2.45) is 0 Å². The Hall–Kier alpha value is -2.83. The lowest BCUT2D eigenvalue weighted by atomic mass is 10.2. The molecule has 0 saturated heterocycles. The maximum absolute atomic E-state index is 13.7. The Labute approximate surface area is 163 Å². The van der Waals surface area contributed by atoms with Gasteiger partial charge in [0.1, 0.15) is 24.2 Å². The highest BCUT2D eigenvalue weighted by atomic mass is 19.1. The molecule has 0 saturated carbocycles. The molecule has 6 heteroatoms. The number of methoxy groups -OCH3 is 1. The van der Waals surface area contributed by atoms with Crippen LogP contribution in [-0.4, -0.2) is 36.4 Å².